The molecule has 0 aromatic heterocycles. The van der Waals surface area contributed by atoms with Crippen LogP contribution in [0.2, 0.25) is 0 Å². The van der Waals surface area contributed by atoms with Crippen LogP contribution >= 0.6 is 0 Å². The normalized spacial score (nSPS) is 48.1. The summed E-state index contributed by atoms with van der Waals surface area (Å²) < 4.78 is 11.7. The van der Waals surface area contributed by atoms with Crippen molar-refractivity contribution < 1.29 is 19.1 Å². The minimum atomic E-state index is -0.302. The number of hydrogen-bond acceptors (Lipinski definition) is 4. The van der Waals surface area contributed by atoms with Gasteiger partial charge in [0.1, 0.15) is 12.7 Å². The smallest absolute Gasteiger partial charge is 0.334 e. The summed E-state index contributed by atoms with van der Waals surface area (Å²) in [7, 11) is 0. The molecule has 0 radical (unpaired) electrons. The molecule has 0 spiro atoms. The fraction of sp³-hybridized carbons (Fsp3) is 0.852. The Balaban J connectivity index is 1.63. The molecule has 172 valence electrons. The predicted molar refractivity (Wildman–Crippen MR) is 119 cm³/mol. The highest BCUT2D eigenvalue weighted by Crippen LogP contribution is 2.73. The quantitative estimate of drug-likeness (QED) is 0.492. The standard InChI is InChI=1S/C27H40O4/c1-16(28)31-22-14-21-25(4)12-7-11-24(2,3)19(25)10-13-26(21,5)20-9-8-17-18(27(20,22)6)15-30-23(17)29/h19-22H,7-15H2,1-6H3/t19-,20+,21+,22-,25-,26-,27+/m0/s1. The Morgan fingerprint density at radius 2 is 1.68 bits per heavy atom. The summed E-state index contributed by atoms with van der Waals surface area (Å²) >= 11 is 0. The number of ether oxygens (including phenoxy) is 2. The molecule has 3 fully saturated rings. The lowest BCUT2D eigenvalue weighted by atomic mass is 9.35. The van der Waals surface area contributed by atoms with Gasteiger partial charge in [0.2, 0.25) is 0 Å². The van der Waals surface area contributed by atoms with Crippen molar-refractivity contribution in [1.82, 2.24) is 0 Å². The van der Waals surface area contributed by atoms with Gasteiger partial charge < -0.3 is 9.47 Å². The average molecular weight is 429 g/mol. The summed E-state index contributed by atoms with van der Waals surface area (Å²) in [4.78, 5) is 24.7. The van der Waals surface area contributed by atoms with Gasteiger partial charge >= 0.3 is 11.9 Å². The molecule has 5 rings (SSSR count). The van der Waals surface area contributed by atoms with Crippen LogP contribution in [0, 0.1) is 39.4 Å². The van der Waals surface area contributed by atoms with E-state index in [0.717, 1.165) is 36.3 Å². The second kappa shape index (κ2) is 6.60. The second-order valence-electron chi connectivity index (χ2n) is 12.7. The molecule has 31 heavy (non-hydrogen) atoms. The lowest BCUT2D eigenvalue weighted by molar-refractivity contribution is -0.225. The minimum Gasteiger partial charge on any atom is -0.462 e. The molecule has 0 aromatic rings. The third-order valence-electron chi connectivity index (χ3n) is 11.1. The van der Waals surface area contributed by atoms with Gasteiger partial charge in [0.05, 0.1) is 0 Å². The summed E-state index contributed by atoms with van der Waals surface area (Å²) in [5.41, 5.74) is 2.57. The molecule has 0 bridgehead atoms. The van der Waals surface area contributed by atoms with Crippen molar-refractivity contribution in [2.45, 2.75) is 99.0 Å². The van der Waals surface area contributed by atoms with Gasteiger partial charge in [-0.3, -0.25) is 4.79 Å². The van der Waals surface area contributed by atoms with E-state index in [1.165, 1.54) is 39.0 Å². The van der Waals surface area contributed by atoms with Crippen LogP contribution in [0.1, 0.15) is 92.9 Å². The Labute approximate surface area is 187 Å². The van der Waals surface area contributed by atoms with Crippen molar-refractivity contribution in [3.63, 3.8) is 0 Å². The highest BCUT2D eigenvalue weighted by molar-refractivity contribution is 5.92. The zero-order chi connectivity index (χ0) is 22.4. The van der Waals surface area contributed by atoms with Crippen molar-refractivity contribution in [3.05, 3.63) is 11.1 Å². The third kappa shape index (κ3) is 2.72. The van der Waals surface area contributed by atoms with E-state index in [2.05, 4.69) is 34.6 Å². The van der Waals surface area contributed by atoms with Gasteiger partial charge in [-0.2, -0.15) is 0 Å². The first-order valence-corrected chi connectivity index (χ1v) is 12.5. The zero-order valence-corrected chi connectivity index (χ0v) is 20.3. The van der Waals surface area contributed by atoms with E-state index in [-0.39, 0.29) is 34.3 Å². The van der Waals surface area contributed by atoms with E-state index in [1.54, 1.807) is 0 Å². The fourth-order valence-electron chi connectivity index (χ4n) is 9.87. The van der Waals surface area contributed by atoms with Crippen LogP contribution in [0.15, 0.2) is 11.1 Å². The molecule has 7 atom stereocenters. The van der Waals surface area contributed by atoms with Crippen LogP contribution in [0.5, 0.6) is 0 Å². The topological polar surface area (TPSA) is 52.6 Å². The first-order valence-electron chi connectivity index (χ1n) is 12.5. The number of cyclic esters (lactones) is 1. The van der Waals surface area contributed by atoms with Crippen LogP contribution in [0.25, 0.3) is 0 Å². The Bertz CT molecular complexity index is 855. The third-order valence-corrected chi connectivity index (χ3v) is 11.1. The van der Waals surface area contributed by atoms with Crippen LogP contribution < -0.4 is 0 Å². The molecule has 4 heteroatoms. The molecule has 1 aliphatic heterocycles. The van der Waals surface area contributed by atoms with E-state index in [9.17, 15) is 9.59 Å². The first-order chi connectivity index (χ1) is 14.4. The zero-order valence-electron chi connectivity index (χ0n) is 20.3. The lowest BCUT2D eigenvalue weighted by Gasteiger charge is -2.70. The Morgan fingerprint density at radius 3 is 2.39 bits per heavy atom. The molecule has 5 aliphatic rings. The van der Waals surface area contributed by atoms with Crippen LogP contribution in [-0.2, 0) is 19.1 Å². The average Bonchev–Trinajstić information content (AvgIpc) is 3.04. The van der Waals surface area contributed by atoms with Crippen molar-refractivity contribution in [2.75, 3.05) is 6.61 Å². The molecular formula is C27H40O4. The van der Waals surface area contributed by atoms with Crippen molar-refractivity contribution in [2.24, 2.45) is 39.4 Å². The highest BCUT2D eigenvalue weighted by Gasteiger charge is 2.68. The maximum absolute atomic E-state index is 12.4. The van der Waals surface area contributed by atoms with Gasteiger partial charge in [0, 0.05) is 17.9 Å². The largest absolute Gasteiger partial charge is 0.462 e. The molecule has 4 nitrogen and oxygen atoms in total. The number of carbonyl (C=O) groups is 2. The van der Waals surface area contributed by atoms with Gasteiger partial charge in [0.15, 0.2) is 0 Å². The molecule has 0 N–H and O–H groups in total. The van der Waals surface area contributed by atoms with Gasteiger partial charge in [-0.1, -0.05) is 41.0 Å². The second-order valence-corrected chi connectivity index (χ2v) is 12.7. The highest BCUT2D eigenvalue weighted by atomic mass is 16.5. The molecule has 0 unspecified atom stereocenters. The summed E-state index contributed by atoms with van der Waals surface area (Å²) in [6.45, 7) is 14.3. The molecule has 1 heterocycles. The Hall–Kier alpha value is -1.32. The monoisotopic (exact) mass is 428 g/mol. The maximum atomic E-state index is 12.4. The maximum Gasteiger partial charge on any atom is 0.334 e. The van der Waals surface area contributed by atoms with Crippen LogP contribution in [0.3, 0.4) is 0 Å². The molecule has 3 saturated carbocycles. The van der Waals surface area contributed by atoms with Crippen molar-refractivity contribution in [1.29, 1.82) is 0 Å². The Kier molecular flexibility index (Phi) is 4.59. The molecule has 0 amide bonds. The number of hydrogen-bond donors (Lipinski definition) is 0. The summed E-state index contributed by atoms with van der Waals surface area (Å²) in [6, 6.07) is 0. The number of fused-ring (bicyclic) bond motifs is 6. The molecule has 4 aliphatic carbocycles. The van der Waals surface area contributed by atoms with Crippen molar-refractivity contribution in [3.8, 4) is 0 Å². The minimum absolute atomic E-state index is 0.145. The van der Waals surface area contributed by atoms with Gasteiger partial charge in [0.25, 0.3) is 0 Å². The van der Waals surface area contributed by atoms with Gasteiger partial charge in [-0.15, -0.1) is 0 Å². The SMILES string of the molecule is CC(=O)O[C@H]1C[C@H]2[C@@](C)(CC[C@H]3C(C)(C)CCC[C@]23C)[C@H]2CCC3=C(COC3=O)[C@@]12C. The van der Waals surface area contributed by atoms with Gasteiger partial charge in [-0.25, -0.2) is 4.79 Å². The molecule has 0 aromatic carbocycles. The summed E-state index contributed by atoms with van der Waals surface area (Å²) in [6.07, 6.45) is 8.99. The lowest BCUT2D eigenvalue weighted by Crippen LogP contribution is -2.65. The van der Waals surface area contributed by atoms with E-state index in [4.69, 9.17) is 9.47 Å². The molecular weight excluding hydrogens is 388 g/mol. The number of carbonyl (C=O) groups excluding carboxylic acids is 2. The predicted octanol–water partition coefficient (Wildman–Crippen LogP) is 5.84. The van der Waals surface area contributed by atoms with Gasteiger partial charge in [-0.05, 0) is 84.5 Å². The van der Waals surface area contributed by atoms with E-state index in [1.807, 2.05) is 0 Å². The van der Waals surface area contributed by atoms with Crippen molar-refractivity contribution >= 4 is 11.9 Å². The van der Waals surface area contributed by atoms with E-state index >= 15 is 0 Å². The van der Waals surface area contributed by atoms with Crippen LogP contribution in [-0.4, -0.2) is 24.6 Å². The molecule has 0 saturated heterocycles. The Morgan fingerprint density at radius 1 is 0.968 bits per heavy atom. The first kappa shape index (κ1) is 21.5. The number of esters is 2. The number of rotatable bonds is 1. The van der Waals surface area contributed by atoms with E-state index < -0.39 is 0 Å². The summed E-state index contributed by atoms with van der Waals surface area (Å²) in [5.74, 6) is 1.34. The fourth-order valence-corrected chi connectivity index (χ4v) is 9.87. The van der Waals surface area contributed by atoms with E-state index in [0.29, 0.717) is 23.9 Å². The summed E-state index contributed by atoms with van der Waals surface area (Å²) in [5, 5.41) is 0. The van der Waals surface area contributed by atoms with Crippen LogP contribution in [0.4, 0.5) is 0 Å².